The van der Waals surface area contributed by atoms with E-state index < -0.39 is 0 Å². The van der Waals surface area contributed by atoms with Crippen LogP contribution >= 0.6 is 0 Å². The maximum atomic E-state index is 12.4. The summed E-state index contributed by atoms with van der Waals surface area (Å²) < 4.78 is 7.01. The number of nitrogens with one attached hydrogen (secondary N) is 1. The number of carbonyl (C=O) groups excluding carboxylic acids is 1. The zero-order valence-corrected chi connectivity index (χ0v) is 15.2. The third-order valence-corrected chi connectivity index (χ3v) is 5.44. The van der Waals surface area contributed by atoms with Gasteiger partial charge in [-0.3, -0.25) is 14.6 Å². The summed E-state index contributed by atoms with van der Waals surface area (Å²) in [4.78, 5) is 28.9. The van der Waals surface area contributed by atoms with E-state index in [1.165, 1.54) is 23.6 Å². The van der Waals surface area contributed by atoms with Crippen molar-refractivity contribution in [2.75, 3.05) is 13.2 Å². The first-order chi connectivity index (χ1) is 13.2. The summed E-state index contributed by atoms with van der Waals surface area (Å²) in [7, 11) is 0. The molecule has 1 saturated heterocycles. The number of hydrogen-bond acceptors (Lipinski definition) is 5. The summed E-state index contributed by atoms with van der Waals surface area (Å²) in [5.41, 5.74) is 1.31. The molecule has 0 bridgehead atoms. The van der Waals surface area contributed by atoms with E-state index in [1.807, 2.05) is 12.1 Å². The predicted octanol–water partition coefficient (Wildman–Crippen LogP) is 1.94. The molecule has 7 heteroatoms. The topological polar surface area (TPSA) is 86.1 Å². The molecule has 2 aromatic heterocycles. The van der Waals surface area contributed by atoms with Gasteiger partial charge in [-0.2, -0.15) is 5.10 Å². The van der Waals surface area contributed by atoms with Gasteiger partial charge in [0, 0.05) is 30.4 Å². The van der Waals surface area contributed by atoms with Gasteiger partial charge in [0.1, 0.15) is 6.04 Å². The Morgan fingerprint density at radius 1 is 1.22 bits per heavy atom. The van der Waals surface area contributed by atoms with E-state index in [-0.39, 0.29) is 23.6 Å². The molecule has 4 rings (SSSR count). The first kappa shape index (κ1) is 17.9. The van der Waals surface area contributed by atoms with Crippen LogP contribution in [0.25, 0.3) is 11.3 Å². The molecule has 27 heavy (non-hydrogen) atoms. The maximum absolute atomic E-state index is 12.4. The van der Waals surface area contributed by atoms with Crippen LogP contribution < -0.4 is 10.9 Å². The summed E-state index contributed by atoms with van der Waals surface area (Å²) >= 11 is 0. The first-order valence-electron chi connectivity index (χ1n) is 9.58. The van der Waals surface area contributed by atoms with Crippen molar-refractivity contribution in [1.82, 2.24) is 20.1 Å². The molecule has 142 valence electrons. The van der Waals surface area contributed by atoms with Crippen molar-refractivity contribution in [3.63, 3.8) is 0 Å². The highest BCUT2D eigenvalue weighted by Gasteiger charge is 2.33. The first-order valence-corrected chi connectivity index (χ1v) is 9.58. The average molecular weight is 368 g/mol. The molecule has 2 aliphatic rings. The van der Waals surface area contributed by atoms with E-state index in [4.69, 9.17) is 4.74 Å². The monoisotopic (exact) mass is 368 g/mol. The van der Waals surface area contributed by atoms with E-state index in [1.54, 1.807) is 18.5 Å². The molecule has 1 aliphatic heterocycles. The Balaban J connectivity index is 1.51. The van der Waals surface area contributed by atoms with Gasteiger partial charge in [0.25, 0.3) is 5.56 Å². The third-order valence-electron chi connectivity index (χ3n) is 5.44. The highest BCUT2D eigenvalue weighted by molar-refractivity contribution is 5.76. The Labute approximate surface area is 157 Å². The largest absolute Gasteiger partial charge is 0.377 e. The second-order valence-corrected chi connectivity index (χ2v) is 7.38. The molecule has 2 fully saturated rings. The van der Waals surface area contributed by atoms with Crippen molar-refractivity contribution < 1.29 is 9.53 Å². The summed E-state index contributed by atoms with van der Waals surface area (Å²) in [6.45, 7) is 0.754. The van der Waals surface area contributed by atoms with Gasteiger partial charge in [0.15, 0.2) is 0 Å². The molecule has 1 N–H and O–H groups in total. The molecular formula is C20H24N4O3. The number of ether oxygens (including phenoxy) is 1. The van der Waals surface area contributed by atoms with E-state index in [2.05, 4.69) is 15.4 Å². The normalized spacial score (nSPS) is 22.8. The lowest BCUT2D eigenvalue weighted by Crippen LogP contribution is -2.44. The molecule has 2 aromatic rings. The van der Waals surface area contributed by atoms with E-state index in [9.17, 15) is 9.59 Å². The Morgan fingerprint density at radius 3 is 2.85 bits per heavy atom. The van der Waals surface area contributed by atoms with Crippen molar-refractivity contribution in [1.29, 1.82) is 0 Å². The fraction of sp³-hybridized carbons (Fsp3) is 0.500. The van der Waals surface area contributed by atoms with Gasteiger partial charge in [-0.15, -0.1) is 0 Å². The lowest BCUT2D eigenvalue weighted by atomic mass is 10.0. The quantitative estimate of drug-likeness (QED) is 0.872. The SMILES string of the molecule is O=C(CC1CCCC1)NC1COCC1n1nc(-c2cccnc2)ccc1=O. The highest BCUT2D eigenvalue weighted by Crippen LogP contribution is 2.28. The van der Waals surface area contributed by atoms with Crippen LogP contribution in [-0.2, 0) is 9.53 Å². The van der Waals surface area contributed by atoms with E-state index in [0.717, 1.165) is 18.4 Å². The maximum Gasteiger partial charge on any atom is 0.267 e. The molecule has 0 spiro atoms. The summed E-state index contributed by atoms with van der Waals surface area (Å²) in [5.74, 6) is 0.527. The Hall–Kier alpha value is -2.54. The molecular weight excluding hydrogens is 344 g/mol. The minimum absolute atomic E-state index is 0.0406. The Kier molecular flexibility index (Phi) is 5.29. The minimum Gasteiger partial charge on any atom is -0.377 e. The number of pyridine rings is 1. The molecule has 1 saturated carbocycles. The fourth-order valence-electron chi connectivity index (χ4n) is 4.00. The van der Waals surface area contributed by atoms with Gasteiger partial charge in [-0.25, -0.2) is 4.68 Å². The minimum atomic E-state index is -0.304. The number of amides is 1. The van der Waals surface area contributed by atoms with Gasteiger partial charge >= 0.3 is 0 Å². The second-order valence-electron chi connectivity index (χ2n) is 7.38. The van der Waals surface area contributed by atoms with Crippen molar-refractivity contribution in [2.45, 2.75) is 44.2 Å². The molecule has 2 unspecified atom stereocenters. The van der Waals surface area contributed by atoms with Crippen molar-refractivity contribution in [3.8, 4) is 11.3 Å². The van der Waals surface area contributed by atoms with Gasteiger partial charge in [0.2, 0.25) is 5.91 Å². The molecule has 7 nitrogen and oxygen atoms in total. The van der Waals surface area contributed by atoms with Gasteiger partial charge in [0.05, 0.1) is 24.9 Å². The molecule has 0 radical (unpaired) electrons. The van der Waals surface area contributed by atoms with E-state index in [0.29, 0.717) is 31.2 Å². The van der Waals surface area contributed by atoms with Crippen LogP contribution in [-0.4, -0.2) is 39.9 Å². The Morgan fingerprint density at radius 2 is 2.07 bits per heavy atom. The Bertz CT molecular complexity index is 846. The molecule has 2 atom stereocenters. The van der Waals surface area contributed by atoms with Crippen LogP contribution in [0.5, 0.6) is 0 Å². The molecule has 0 aromatic carbocycles. The van der Waals surface area contributed by atoms with Crippen LogP contribution in [0.3, 0.4) is 0 Å². The fourth-order valence-corrected chi connectivity index (χ4v) is 4.00. The van der Waals surface area contributed by atoms with E-state index >= 15 is 0 Å². The van der Waals surface area contributed by atoms with Gasteiger partial charge in [-0.05, 0) is 37.0 Å². The molecule has 1 amide bonds. The zero-order chi connectivity index (χ0) is 18.6. The zero-order valence-electron chi connectivity index (χ0n) is 15.2. The van der Waals surface area contributed by atoms with Crippen LogP contribution in [0.2, 0.25) is 0 Å². The standard InChI is InChI=1S/C20H24N4O3/c25-19(10-14-4-1-2-5-14)22-17-12-27-13-18(17)24-20(26)8-7-16(23-24)15-6-3-9-21-11-15/h3,6-9,11,14,17-18H,1-2,4-5,10,12-13H2,(H,22,25). The van der Waals surface area contributed by atoms with Crippen molar-refractivity contribution in [3.05, 3.63) is 47.0 Å². The third kappa shape index (κ3) is 4.08. The number of carbonyl (C=O) groups is 1. The number of hydrogen-bond donors (Lipinski definition) is 1. The smallest absolute Gasteiger partial charge is 0.267 e. The summed E-state index contributed by atoms with van der Waals surface area (Å²) in [6.07, 6.45) is 8.66. The number of rotatable bonds is 5. The van der Waals surface area contributed by atoms with Gasteiger partial charge in [-0.1, -0.05) is 12.8 Å². The van der Waals surface area contributed by atoms with Crippen LogP contribution in [0, 0.1) is 5.92 Å². The van der Waals surface area contributed by atoms with Crippen LogP contribution in [0.4, 0.5) is 0 Å². The second kappa shape index (κ2) is 8.00. The van der Waals surface area contributed by atoms with Crippen LogP contribution in [0.15, 0.2) is 41.5 Å². The lowest BCUT2D eigenvalue weighted by molar-refractivity contribution is -0.122. The predicted molar refractivity (Wildman–Crippen MR) is 100 cm³/mol. The summed E-state index contributed by atoms with van der Waals surface area (Å²) in [6, 6.07) is 6.38. The van der Waals surface area contributed by atoms with Gasteiger partial charge < -0.3 is 10.1 Å². The highest BCUT2D eigenvalue weighted by atomic mass is 16.5. The number of aromatic nitrogens is 3. The lowest BCUT2D eigenvalue weighted by Gasteiger charge is -2.21. The summed E-state index contributed by atoms with van der Waals surface area (Å²) in [5, 5.41) is 7.58. The molecule has 3 heterocycles. The average Bonchev–Trinajstić information content (AvgIpc) is 3.35. The molecule has 1 aliphatic carbocycles. The van der Waals surface area contributed by atoms with Crippen molar-refractivity contribution >= 4 is 5.91 Å². The van der Waals surface area contributed by atoms with Crippen LogP contribution in [0.1, 0.15) is 38.1 Å². The number of nitrogens with zero attached hydrogens (tertiary/aromatic N) is 3. The van der Waals surface area contributed by atoms with Crippen molar-refractivity contribution in [2.24, 2.45) is 5.92 Å².